The van der Waals surface area contributed by atoms with E-state index in [1.165, 1.54) is 39.4 Å². The molecule has 0 fully saturated rings. The van der Waals surface area contributed by atoms with Crippen molar-refractivity contribution < 1.29 is 4.79 Å². The second-order valence-electron chi connectivity index (χ2n) is 6.40. The van der Waals surface area contributed by atoms with E-state index in [-0.39, 0.29) is 5.12 Å². The fourth-order valence-electron chi connectivity index (χ4n) is 3.58. The van der Waals surface area contributed by atoms with E-state index in [0.29, 0.717) is 5.92 Å². The number of fused-ring (bicyclic) bond motifs is 1. The molecule has 0 bridgehead atoms. The Morgan fingerprint density at radius 2 is 2.08 bits per heavy atom. The summed E-state index contributed by atoms with van der Waals surface area (Å²) in [4.78, 5) is 14.6. The maximum atomic E-state index is 12.2. The molecule has 26 heavy (non-hydrogen) atoms. The van der Waals surface area contributed by atoms with E-state index < -0.39 is 0 Å². The van der Waals surface area contributed by atoms with Crippen molar-refractivity contribution in [1.29, 1.82) is 0 Å². The third-order valence-electron chi connectivity index (χ3n) is 4.81. The van der Waals surface area contributed by atoms with E-state index >= 15 is 0 Å². The van der Waals surface area contributed by atoms with Gasteiger partial charge in [-0.2, -0.15) is 0 Å². The van der Waals surface area contributed by atoms with Gasteiger partial charge in [-0.1, -0.05) is 61.2 Å². The van der Waals surface area contributed by atoms with Gasteiger partial charge in [0.15, 0.2) is 0 Å². The number of allylic oxidation sites excluding steroid dienone is 4. The molecular weight excluding hydrogens is 356 g/mol. The third-order valence-corrected chi connectivity index (χ3v) is 7.08. The highest BCUT2D eigenvalue weighted by molar-refractivity contribution is 8.14. The molecule has 0 saturated carbocycles. The zero-order valence-electron chi connectivity index (χ0n) is 14.5. The minimum Gasteiger partial charge on any atom is -0.282 e. The summed E-state index contributed by atoms with van der Waals surface area (Å²) in [5, 5.41) is 0.00475. The van der Waals surface area contributed by atoms with Gasteiger partial charge in [-0.25, -0.2) is 0 Å². The van der Waals surface area contributed by atoms with Crippen LogP contribution in [0.4, 0.5) is 0 Å². The standard InChI is InChI=1S/C23H20OS2/c1-2-21(24)26-23-20(17-11-7-4-8-12-17)15-19(16-9-5-3-6-10-16)18-13-14-25-22(18)23/h2-9,11-12,15-16H,1,10,13-14H2. The summed E-state index contributed by atoms with van der Waals surface area (Å²) < 4.78 is 0. The van der Waals surface area contributed by atoms with Crippen molar-refractivity contribution in [2.75, 3.05) is 5.75 Å². The largest absolute Gasteiger partial charge is 0.282 e. The average Bonchev–Trinajstić information content (AvgIpc) is 3.19. The first-order valence-electron chi connectivity index (χ1n) is 8.83. The smallest absolute Gasteiger partial charge is 0.216 e. The van der Waals surface area contributed by atoms with E-state index in [1.54, 1.807) is 0 Å². The number of hydrogen-bond donors (Lipinski definition) is 0. The van der Waals surface area contributed by atoms with Crippen molar-refractivity contribution >= 4 is 28.6 Å². The summed E-state index contributed by atoms with van der Waals surface area (Å²) in [5.74, 6) is 1.51. The van der Waals surface area contributed by atoms with Gasteiger partial charge < -0.3 is 0 Å². The maximum absolute atomic E-state index is 12.2. The first-order chi connectivity index (χ1) is 12.8. The minimum atomic E-state index is 0.00475. The molecule has 1 unspecified atom stereocenters. The topological polar surface area (TPSA) is 17.1 Å². The van der Waals surface area contributed by atoms with Crippen molar-refractivity contribution in [3.05, 3.63) is 84.5 Å². The summed E-state index contributed by atoms with van der Waals surface area (Å²) in [7, 11) is 0. The SMILES string of the molecule is C=CC(=O)Sc1c(-c2ccccc2)cc(C2C=CC=CC2)c2c1SCC2. The Balaban J connectivity index is 1.92. The van der Waals surface area contributed by atoms with Crippen molar-refractivity contribution in [2.24, 2.45) is 0 Å². The number of rotatable bonds is 4. The highest BCUT2D eigenvalue weighted by Gasteiger charge is 2.27. The molecule has 0 saturated heterocycles. The second-order valence-corrected chi connectivity index (χ2v) is 8.52. The lowest BCUT2D eigenvalue weighted by Gasteiger charge is -2.22. The number of carbonyl (C=O) groups is 1. The molecule has 3 heteroatoms. The normalized spacial score (nSPS) is 17.9. The second kappa shape index (κ2) is 7.73. The van der Waals surface area contributed by atoms with Crippen LogP contribution < -0.4 is 0 Å². The number of carbonyl (C=O) groups excluding carboxylic acids is 1. The van der Waals surface area contributed by atoms with Gasteiger partial charge >= 0.3 is 0 Å². The van der Waals surface area contributed by atoms with Crippen molar-refractivity contribution in [2.45, 2.75) is 28.6 Å². The Morgan fingerprint density at radius 3 is 2.81 bits per heavy atom. The monoisotopic (exact) mass is 376 g/mol. The van der Waals surface area contributed by atoms with Gasteiger partial charge in [0.25, 0.3) is 0 Å². The van der Waals surface area contributed by atoms with E-state index in [0.717, 1.165) is 29.1 Å². The minimum absolute atomic E-state index is 0.00475. The van der Waals surface area contributed by atoms with E-state index in [2.05, 4.69) is 61.2 Å². The molecule has 1 atom stereocenters. The van der Waals surface area contributed by atoms with E-state index in [9.17, 15) is 4.79 Å². The Kier molecular flexibility index (Phi) is 5.18. The molecule has 2 aromatic carbocycles. The molecule has 130 valence electrons. The fraction of sp³-hybridized carbons (Fsp3) is 0.174. The van der Waals surface area contributed by atoms with Gasteiger partial charge in [-0.05, 0) is 59.0 Å². The molecule has 0 amide bonds. The highest BCUT2D eigenvalue weighted by Crippen LogP contribution is 2.48. The molecular formula is C23H20OS2. The quantitative estimate of drug-likeness (QED) is 0.453. The first kappa shape index (κ1) is 17.4. The van der Waals surface area contributed by atoms with Crippen LogP contribution in [0.25, 0.3) is 11.1 Å². The van der Waals surface area contributed by atoms with Gasteiger partial charge in [0.2, 0.25) is 5.12 Å². The number of benzene rings is 2. The Morgan fingerprint density at radius 1 is 1.23 bits per heavy atom. The van der Waals surface area contributed by atoms with Gasteiger partial charge in [-0.15, -0.1) is 11.8 Å². The van der Waals surface area contributed by atoms with Gasteiger partial charge in [-0.3, -0.25) is 4.79 Å². The van der Waals surface area contributed by atoms with Gasteiger partial charge in [0, 0.05) is 21.5 Å². The van der Waals surface area contributed by atoms with Crippen LogP contribution in [-0.2, 0) is 11.2 Å². The summed E-state index contributed by atoms with van der Waals surface area (Å²) in [6, 6.07) is 12.7. The lowest BCUT2D eigenvalue weighted by atomic mass is 9.86. The highest BCUT2D eigenvalue weighted by atomic mass is 32.2. The van der Waals surface area contributed by atoms with Crippen LogP contribution in [0.1, 0.15) is 23.5 Å². The Bertz CT molecular complexity index is 910. The molecule has 4 rings (SSSR count). The molecule has 2 aliphatic rings. The number of thioether (sulfide) groups is 2. The molecule has 1 aliphatic heterocycles. The Labute approximate surface area is 163 Å². The van der Waals surface area contributed by atoms with Crippen LogP contribution >= 0.6 is 23.5 Å². The zero-order chi connectivity index (χ0) is 17.9. The molecule has 0 spiro atoms. The van der Waals surface area contributed by atoms with Crippen LogP contribution in [0, 0.1) is 0 Å². The van der Waals surface area contributed by atoms with Crippen LogP contribution in [0.2, 0.25) is 0 Å². The molecule has 0 N–H and O–H groups in total. The molecule has 2 aromatic rings. The van der Waals surface area contributed by atoms with Crippen molar-refractivity contribution in [3.8, 4) is 11.1 Å². The summed E-state index contributed by atoms with van der Waals surface area (Å²) in [6.45, 7) is 3.65. The summed E-state index contributed by atoms with van der Waals surface area (Å²) in [6.07, 6.45) is 12.3. The molecule has 0 aromatic heterocycles. The Hall–Kier alpha value is -1.97. The maximum Gasteiger partial charge on any atom is 0.216 e. The lowest BCUT2D eigenvalue weighted by molar-refractivity contribution is -0.107. The van der Waals surface area contributed by atoms with E-state index in [4.69, 9.17) is 0 Å². The predicted molar refractivity (Wildman–Crippen MR) is 113 cm³/mol. The fourth-order valence-corrected chi connectivity index (χ4v) is 5.82. The lowest BCUT2D eigenvalue weighted by Crippen LogP contribution is -2.04. The average molecular weight is 377 g/mol. The molecule has 1 nitrogen and oxygen atoms in total. The first-order valence-corrected chi connectivity index (χ1v) is 10.6. The van der Waals surface area contributed by atoms with Gasteiger partial charge in [0.1, 0.15) is 0 Å². The summed E-state index contributed by atoms with van der Waals surface area (Å²) >= 11 is 3.20. The van der Waals surface area contributed by atoms with Crippen molar-refractivity contribution in [3.63, 3.8) is 0 Å². The van der Waals surface area contributed by atoms with Crippen LogP contribution in [-0.4, -0.2) is 10.9 Å². The molecule has 1 heterocycles. The van der Waals surface area contributed by atoms with Crippen LogP contribution in [0.5, 0.6) is 0 Å². The number of hydrogen-bond acceptors (Lipinski definition) is 3. The third kappa shape index (κ3) is 3.34. The van der Waals surface area contributed by atoms with Crippen LogP contribution in [0.3, 0.4) is 0 Å². The molecule has 1 aliphatic carbocycles. The van der Waals surface area contributed by atoms with Gasteiger partial charge in [0.05, 0.1) is 0 Å². The summed E-state index contributed by atoms with van der Waals surface area (Å²) in [5.41, 5.74) is 5.18. The van der Waals surface area contributed by atoms with E-state index in [1.807, 2.05) is 17.8 Å². The van der Waals surface area contributed by atoms with Crippen molar-refractivity contribution in [1.82, 2.24) is 0 Å². The molecule has 0 radical (unpaired) electrons. The zero-order valence-corrected chi connectivity index (χ0v) is 16.1. The predicted octanol–water partition coefficient (Wildman–Crippen LogP) is 6.41. The van der Waals surface area contributed by atoms with Crippen LogP contribution in [0.15, 0.2) is 83.1 Å².